The fourth-order valence-electron chi connectivity index (χ4n) is 1.03. The standard InChI is InChI=1S/C9H7Cl2FO3/c10-4-1-2-5(6(11)3-4)8(13)7(12)9(14)15/h1-3,7-8,13H,(H,14,15). The first-order valence-electron chi connectivity index (χ1n) is 3.93. The minimum atomic E-state index is -2.41. The quantitative estimate of drug-likeness (QED) is 0.869. The first-order chi connectivity index (χ1) is 6.93. The zero-order chi connectivity index (χ0) is 11.6. The monoisotopic (exact) mass is 252 g/mol. The lowest BCUT2D eigenvalue weighted by atomic mass is 10.1. The Labute approximate surface area is 95.0 Å². The summed E-state index contributed by atoms with van der Waals surface area (Å²) in [4.78, 5) is 10.3. The number of alkyl halides is 1. The van der Waals surface area contributed by atoms with Crippen molar-refractivity contribution < 1.29 is 19.4 Å². The molecule has 82 valence electrons. The Bertz CT molecular complexity index is 384. The number of hydrogen-bond acceptors (Lipinski definition) is 2. The lowest BCUT2D eigenvalue weighted by molar-refractivity contribution is -0.147. The molecule has 1 aromatic carbocycles. The minimum Gasteiger partial charge on any atom is -0.479 e. The molecule has 2 atom stereocenters. The van der Waals surface area contributed by atoms with E-state index in [4.69, 9.17) is 28.3 Å². The summed E-state index contributed by atoms with van der Waals surface area (Å²) < 4.78 is 12.9. The molecule has 0 fully saturated rings. The summed E-state index contributed by atoms with van der Waals surface area (Å²) >= 11 is 11.3. The van der Waals surface area contributed by atoms with E-state index < -0.39 is 18.2 Å². The SMILES string of the molecule is O=C(O)C(F)C(O)c1ccc(Cl)cc1Cl. The fraction of sp³-hybridized carbons (Fsp3) is 0.222. The zero-order valence-electron chi connectivity index (χ0n) is 7.32. The topological polar surface area (TPSA) is 57.5 Å². The number of carboxylic acid groups (broad SMARTS) is 1. The summed E-state index contributed by atoms with van der Waals surface area (Å²) in [5.74, 6) is -1.74. The average molecular weight is 253 g/mol. The molecule has 0 aliphatic heterocycles. The predicted molar refractivity (Wildman–Crippen MR) is 54.0 cm³/mol. The highest BCUT2D eigenvalue weighted by atomic mass is 35.5. The Hall–Kier alpha value is -0.840. The summed E-state index contributed by atoms with van der Waals surface area (Å²) in [5, 5.41) is 18.1. The van der Waals surface area contributed by atoms with Crippen molar-refractivity contribution in [1.82, 2.24) is 0 Å². The minimum absolute atomic E-state index is 0.00373. The molecule has 0 aromatic heterocycles. The van der Waals surface area contributed by atoms with E-state index in [1.165, 1.54) is 18.2 Å². The smallest absolute Gasteiger partial charge is 0.341 e. The van der Waals surface area contributed by atoms with Gasteiger partial charge in [-0.2, -0.15) is 0 Å². The number of aliphatic hydroxyl groups excluding tert-OH is 1. The van der Waals surface area contributed by atoms with E-state index in [-0.39, 0.29) is 10.6 Å². The molecule has 0 aliphatic rings. The maximum Gasteiger partial charge on any atom is 0.341 e. The first-order valence-corrected chi connectivity index (χ1v) is 4.69. The van der Waals surface area contributed by atoms with Crippen molar-refractivity contribution >= 4 is 29.2 Å². The highest BCUT2D eigenvalue weighted by Crippen LogP contribution is 2.29. The third kappa shape index (κ3) is 2.81. The van der Waals surface area contributed by atoms with Crippen molar-refractivity contribution in [2.75, 3.05) is 0 Å². The van der Waals surface area contributed by atoms with Crippen LogP contribution in [0.3, 0.4) is 0 Å². The molecule has 6 heteroatoms. The molecule has 0 radical (unpaired) electrons. The third-order valence-corrected chi connectivity index (χ3v) is 2.36. The summed E-state index contributed by atoms with van der Waals surface area (Å²) in [6.07, 6.45) is -4.21. The van der Waals surface area contributed by atoms with Gasteiger partial charge in [-0.1, -0.05) is 29.3 Å². The first kappa shape index (κ1) is 12.2. The van der Waals surface area contributed by atoms with Crippen LogP contribution in [0.25, 0.3) is 0 Å². The summed E-state index contributed by atoms with van der Waals surface area (Å²) in [6, 6.07) is 3.97. The molecule has 1 aromatic rings. The van der Waals surface area contributed by atoms with Gasteiger partial charge in [-0.15, -0.1) is 0 Å². The number of carbonyl (C=O) groups is 1. The summed E-state index contributed by atoms with van der Waals surface area (Å²) in [6.45, 7) is 0. The second-order valence-electron chi connectivity index (χ2n) is 2.85. The van der Waals surface area contributed by atoms with Crippen LogP contribution >= 0.6 is 23.2 Å². The molecule has 1 rings (SSSR count). The van der Waals surface area contributed by atoms with Gasteiger partial charge in [0, 0.05) is 15.6 Å². The number of rotatable bonds is 3. The molecule has 0 saturated carbocycles. The van der Waals surface area contributed by atoms with Crippen LogP contribution in [0.5, 0.6) is 0 Å². The Balaban J connectivity index is 3.01. The molecule has 3 nitrogen and oxygen atoms in total. The van der Waals surface area contributed by atoms with Gasteiger partial charge < -0.3 is 10.2 Å². The van der Waals surface area contributed by atoms with Crippen LogP contribution in [0, 0.1) is 0 Å². The fourth-order valence-corrected chi connectivity index (χ4v) is 1.55. The van der Waals surface area contributed by atoms with Crippen molar-refractivity contribution in [3.05, 3.63) is 33.8 Å². The van der Waals surface area contributed by atoms with Gasteiger partial charge in [0.1, 0.15) is 6.10 Å². The van der Waals surface area contributed by atoms with Gasteiger partial charge in [0.25, 0.3) is 0 Å². The number of aliphatic carboxylic acids is 1. The van der Waals surface area contributed by atoms with E-state index in [1.54, 1.807) is 0 Å². The van der Waals surface area contributed by atoms with E-state index in [9.17, 15) is 14.3 Å². The number of hydrogen-bond donors (Lipinski definition) is 2. The van der Waals surface area contributed by atoms with Crippen LogP contribution in [0.2, 0.25) is 10.0 Å². The van der Waals surface area contributed by atoms with Crippen LogP contribution < -0.4 is 0 Å². The molecule has 0 aliphatic carbocycles. The Morgan fingerprint density at radius 2 is 2.00 bits per heavy atom. The molecule has 15 heavy (non-hydrogen) atoms. The highest BCUT2D eigenvalue weighted by molar-refractivity contribution is 6.35. The van der Waals surface area contributed by atoms with Crippen molar-refractivity contribution in [3.63, 3.8) is 0 Å². The molecule has 2 unspecified atom stereocenters. The van der Waals surface area contributed by atoms with Crippen molar-refractivity contribution in [1.29, 1.82) is 0 Å². The van der Waals surface area contributed by atoms with Crippen LogP contribution in [0.15, 0.2) is 18.2 Å². The van der Waals surface area contributed by atoms with Crippen LogP contribution in [0.1, 0.15) is 11.7 Å². The molecule has 0 amide bonds. The van der Waals surface area contributed by atoms with Gasteiger partial charge in [-0.3, -0.25) is 0 Å². The van der Waals surface area contributed by atoms with Gasteiger partial charge >= 0.3 is 5.97 Å². The number of aliphatic hydroxyl groups is 1. The number of halogens is 3. The Morgan fingerprint density at radius 3 is 2.47 bits per heavy atom. The molecule has 0 saturated heterocycles. The maximum absolute atomic E-state index is 12.9. The van der Waals surface area contributed by atoms with E-state index in [0.29, 0.717) is 5.02 Å². The molecule has 0 heterocycles. The molecule has 0 bridgehead atoms. The molecule has 0 spiro atoms. The van der Waals surface area contributed by atoms with Gasteiger partial charge in [0.15, 0.2) is 0 Å². The summed E-state index contributed by atoms with van der Waals surface area (Å²) in [7, 11) is 0. The largest absolute Gasteiger partial charge is 0.479 e. The van der Waals surface area contributed by atoms with E-state index in [1.807, 2.05) is 0 Å². The summed E-state index contributed by atoms with van der Waals surface area (Å²) in [5.41, 5.74) is -0.00373. The highest BCUT2D eigenvalue weighted by Gasteiger charge is 2.28. The Morgan fingerprint density at radius 1 is 1.40 bits per heavy atom. The third-order valence-electron chi connectivity index (χ3n) is 1.79. The number of benzene rings is 1. The van der Waals surface area contributed by atoms with Gasteiger partial charge in [0.2, 0.25) is 6.17 Å². The Kier molecular flexibility index (Phi) is 3.90. The van der Waals surface area contributed by atoms with E-state index in [0.717, 1.165) is 0 Å². The lowest BCUT2D eigenvalue weighted by Gasteiger charge is -2.13. The van der Waals surface area contributed by atoms with Crippen molar-refractivity contribution in [2.45, 2.75) is 12.3 Å². The zero-order valence-corrected chi connectivity index (χ0v) is 8.84. The normalized spacial score (nSPS) is 14.7. The van der Waals surface area contributed by atoms with E-state index in [2.05, 4.69) is 0 Å². The average Bonchev–Trinajstić information content (AvgIpc) is 2.15. The lowest BCUT2D eigenvalue weighted by Crippen LogP contribution is -2.23. The van der Waals surface area contributed by atoms with Crippen molar-refractivity contribution in [2.24, 2.45) is 0 Å². The molecule has 2 N–H and O–H groups in total. The second kappa shape index (κ2) is 4.79. The van der Waals surface area contributed by atoms with E-state index >= 15 is 0 Å². The van der Waals surface area contributed by atoms with Gasteiger partial charge in [-0.25, -0.2) is 9.18 Å². The van der Waals surface area contributed by atoms with Crippen LogP contribution in [-0.2, 0) is 4.79 Å². The van der Waals surface area contributed by atoms with Crippen molar-refractivity contribution in [3.8, 4) is 0 Å². The van der Waals surface area contributed by atoms with Gasteiger partial charge in [0.05, 0.1) is 0 Å². The number of carboxylic acids is 1. The van der Waals surface area contributed by atoms with Crippen LogP contribution in [-0.4, -0.2) is 22.4 Å². The molecular formula is C9H7Cl2FO3. The second-order valence-corrected chi connectivity index (χ2v) is 3.69. The van der Waals surface area contributed by atoms with Gasteiger partial charge in [-0.05, 0) is 12.1 Å². The maximum atomic E-state index is 12.9. The predicted octanol–water partition coefficient (Wildman–Crippen LogP) is 2.45. The van der Waals surface area contributed by atoms with Crippen LogP contribution in [0.4, 0.5) is 4.39 Å². The molecular weight excluding hydrogens is 246 g/mol.